The van der Waals surface area contributed by atoms with Crippen LogP contribution in [0, 0.1) is 11.6 Å². The van der Waals surface area contributed by atoms with Crippen molar-refractivity contribution in [2.45, 2.75) is 19.3 Å². The normalized spacial score (nSPS) is 10.6. The van der Waals surface area contributed by atoms with E-state index < -0.39 is 11.6 Å². The summed E-state index contributed by atoms with van der Waals surface area (Å²) in [5, 5.41) is 8.68. The van der Waals surface area contributed by atoms with E-state index in [0.29, 0.717) is 36.0 Å². The van der Waals surface area contributed by atoms with E-state index in [2.05, 4.69) is 0 Å². The molecule has 0 heterocycles. The summed E-state index contributed by atoms with van der Waals surface area (Å²) in [7, 11) is 0. The van der Waals surface area contributed by atoms with Crippen LogP contribution in [0.15, 0.2) is 42.5 Å². The van der Waals surface area contributed by atoms with Crippen molar-refractivity contribution in [3.05, 3.63) is 59.7 Å². The van der Waals surface area contributed by atoms with Gasteiger partial charge in [-0.3, -0.25) is 4.79 Å². The number of carbonyl (C=O) groups is 1. The van der Waals surface area contributed by atoms with Gasteiger partial charge in [0.25, 0.3) is 0 Å². The highest BCUT2D eigenvalue weighted by Crippen LogP contribution is 2.24. The molecule has 0 radical (unpaired) electrons. The van der Waals surface area contributed by atoms with Gasteiger partial charge in [-0.1, -0.05) is 24.3 Å². The topological polar surface area (TPSA) is 37.3 Å². The molecule has 2 rings (SSSR count). The van der Waals surface area contributed by atoms with Crippen LogP contribution in [0.1, 0.15) is 29.6 Å². The molecule has 21 heavy (non-hydrogen) atoms. The zero-order valence-electron chi connectivity index (χ0n) is 11.5. The first-order chi connectivity index (χ1) is 10.1. The van der Waals surface area contributed by atoms with E-state index in [-0.39, 0.29) is 12.4 Å². The molecule has 0 aliphatic carbocycles. The molecule has 1 N–H and O–H groups in total. The number of aliphatic hydroxyl groups is 1. The molecule has 0 bridgehead atoms. The molecule has 0 unspecified atom stereocenters. The molecule has 0 spiro atoms. The van der Waals surface area contributed by atoms with Crippen LogP contribution in [-0.4, -0.2) is 17.5 Å². The lowest BCUT2D eigenvalue weighted by Crippen LogP contribution is -1.99. The Balaban J connectivity index is 2.13. The fraction of sp³-hybridized carbons (Fsp3) is 0.235. The number of benzene rings is 2. The van der Waals surface area contributed by atoms with Crippen LogP contribution in [0.5, 0.6) is 0 Å². The van der Waals surface area contributed by atoms with Crippen molar-refractivity contribution in [3.63, 3.8) is 0 Å². The summed E-state index contributed by atoms with van der Waals surface area (Å²) in [4.78, 5) is 11.9. The van der Waals surface area contributed by atoms with E-state index in [4.69, 9.17) is 5.11 Å². The zero-order valence-corrected chi connectivity index (χ0v) is 11.5. The highest BCUT2D eigenvalue weighted by Gasteiger charge is 2.09. The maximum absolute atomic E-state index is 13.7. The number of hydrogen-bond acceptors (Lipinski definition) is 2. The molecule has 0 aromatic heterocycles. The fourth-order valence-corrected chi connectivity index (χ4v) is 2.10. The van der Waals surface area contributed by atoms with Crippen LogP contribution in [0.25, 0.3) is 11.1 Å². The molecular formula is C17H16F2O2. The highest BCUT2D eigenvalue weighted by molar-refractivity contribution is 5.96. The van der Waals surface area contributed by atoms with Gasteiger partial charge in [0.15, 0.2) is 5.78 Å². The second-order valence-electron chi connectivity index (χ2n) is 4.81. The van der Waals surface area contributed by atoms with Crippen LogP contribution in [0.2, 0.25) is 0 Å². The van der Waals surface area contributed by atoms with E-state index in [1.54, 1.807) is 24.3 Å². The van der Waals surface area contributed by atoms with E-state index in [0.717, 1.165) is 6.07 Å². The Labute approximate surface area is 122 Å². The molecule has 0 fully saturated rings. The van der Waals surface area contributed by atoms with Gasteiger partial charge in [-0.05, 0) is 30.5 Å². The minimum atomic E-state index is -0.628. The Morgan fingerprint density at radius 1 is 1.00 bits per heavy atom. The van der Waals surface area contributed by atoms with Gasteiger partial charge < -0.3 is 5.11 Å². The van der Waals surface area contributed by atoms with E-state index in [1.807, 2.05) is 0 Å². The van der Waals surface area contributed by atoms with Crippen LogP contribution in [0.3, 0.4) is 0 Å². The first kappa shape index (κ1) is 15.3. The molecule has 0 amide bonds. The summed E-state index contributed by atoms with van der Waals surface area (Å²) in [6.07, 6.45) is 1.62. The van der Waals surface area contributed by atoms with Crippen molar-refractivity contribution in [2.75, 3.05) is 6.61 Å². The Morgan fingerprint density at radius 3 is 2.33 bits per heavy atom. The van der Waals surface area contributed by atoms with Gasteiger partial charge in [-0.15, -0.1) is 0 Å². The fourth-order valence-electron chi connectivity index (χ4n) is 2.10. The number of halogens is 2. The lowest BCUT2D eigenvalue weighted by molar-refractivity contribution is 0.0977. The van der Waals surface area contributed by atoms with Gasteiger partial charge in [-0.25, -0.2) is 8.78 Å². The summed E-state index contributed by atoms with van der Waals surface area (Å²) in [5.74, 6) is -1.25. The summed E-state index contributed by atoms with van der Waals surface area (Å²) >= 11 is 0. The van der Waals surface area contributed by atoms with Gasteiger partial charge in [0.05, 0.1) is 0 Å². The Kier molecular flexibility index (Phi) is 5.17. The maximum atomic E-state index is 13.7. The van der Waals surface area contributed by atoms with Gasteiger partial charge in [0.1, 0.15) is 11.6 Å². The average molecular weight is 290 g/mol. The van der Waals surface area contributed by atoms with Crippen LogP contribution < -0.4 is 0 Å². The smallest absolute Gasteiger partial charge is 0.162 e. The second-order valence-corrected chi connectivity index (χ2v) is 4.81. The first-order valence-electron chi connectivity index (χ1n) is 6.81. The lowest BCUT2D eigenvalue weighted by Gasteiger charge is -2.05. The van der Waals surface area contributed by atoms with Crippen molar-refractivity contribution in [2.24, 2.45) is 0 Å². The first-order valence-corrected chi connectivity index (χ1v) is 6.81. The monoisotopic (exact) mass is 290 g/mol. The standard InChI is InChI=1S/C17H16F2O2/c18-14-8-9-15(16(19)11-14)12-4-6-13(7-5-12)17(21)3-1-2-10-20/h4-9,11,20H,1-3,10H2. The van der Waals surface area contributed by atoms with Gasteiger partial charge in [0, 0.05) is 30.2 Å². The van der Waals surface area contributed by atoms with Gasteiger partial charge in [0.2, 0.25) is 0 Å². The third-order valence-corrected chi connectivity index (χ3v) is 3.26. The van der Waals surface area contributed by atoms with Crippen molar-refractivity contribution in [3.8, 4) is 11.1 Å². The third kappa shape index (κ3) is 3.95. The van der Waals surface area contributed by atoms with Crippen LogP contribution >= 0.6 is 0 Å². The van der Waals surface area contributed by atoms with E-state index in [1.165, 1.54) is 12.1 Å². The Hall–Kier alpha value is -2.07. The molecule has 0 atom stereocenters. The average Bonchev–Trinajstić information content (AvgIpc) is 2.48. The van der Waals surface area contributed by atoms with Crippen molar-refractivity contribution in [1.82, 2.24) is 0 Å². The minimum absolute atomic E-state index is 0.00502. The summed E-state index contributed by atoms with van der Waals surface area (Å²) in [5.41, 5.74) is 1.45. The molecular weight excluding hydrogens is 274 g/mol. The molecule has 0 saturated carbocycles. The molecule has 0 aliphatic heterocycles. The van der Waals surface area contributed by atoms with Gasteiger partial charge in [-0.2, -0.15) is 0 Å². The summed E-state index contributed by atoms with van der Waals surface area (Å²) < 4.78 is 26.5. The largest absolute Gasteiger partial charge is 0.396 e. The summed E-state index contributed by atoms with van der Waals surface area (Å²) in [6, 6.07) is 9.99. The molecule has 0 saturated heterocycles. The van der Waals surface area contributed by atoms with Crippen molar-refractivity contribution >= 4 is 5.78 Å². The molecule has 2 aromatic carbocycles. The third-order valence-electron chi connectivity index (χ3n) is 3.26. The van der Waals surface area contributed by atoms with Gasteiger partial charge >= 0.3 is 0 Å². The molecule has 110 valence electrons. The molecule has 4 heteroatoms. The van der Waals surface area contributed by atoms with Crippen LogP contribution in [0.4, 0.5) is 8.78 Å². The Bertz CT molecular complexity index is 621. The number of hydrogen-bond donors (Lipinski definition) is 1. The second kappa shape index (κ2) is 7.09. The lowest BCUT2D eigenvalue weighted by atomic mass is 10.00. The molecule has 2 nitrogen and oxygen atoms in total. The van der Waals surface area contributed by atoms with Crippen molar-refractivity contribution < 1.29 is 18.7 Å². The number of ketones is 1. The number of rotatable bonds is 6. The molecule has 0 aliphatic rings. The number of aliphatic hydroxyl groups excluding tert-OH is 1. The Morgan fingerprint density at radius 2 is 1.71 bits per heavy atom. The van der Waals surface area contributed by atoms with E-state index >= 15 is 0 Å². The van der Waals surface area contributed by atoms with Crippen LogP contribution in [-0.2, 0) is 0 Å². The highest BCUT2D eigenvalue weighted by atomic mass is 19.1. The van der Waals surface area contributed by atoms with Crippen molar-refractivity contribution in [1.29, 1.82) is 0 Å². The number of unbranched alkanes of at least 4 members (excludes halogenated alkanes) is 1. The zero-order chi connectivity index (χ0) is 15.2. The predicted molar refractivity (Wildman–Crippen MR) is 77.1 cm³/mol. The predicted octanol–water partition coefficient (Wildman–Crippen LogP) is 3.98. The molecule has 2 aromatic rings. The number of Topliss-reactive ketones (excluding diaryl/α,β-unsaturated/α-hetero) is 1. The maximum Gasteiger partial charge on any atom is 0.162 e. The SMILES string of the molecule is O=C(CCCCO)c1ccc(-c2ccc(F)cc2F)cc1. The summed E-state index contributed by atoms with van der Waals surface area (Å²) in [6.45, 7) is 0.0794. The van der Waals surface area contributed by atoms with E-state index in [9.17, 15) is 13.6 Å². The number of carbonyl (C=O) groups excluding carboxylic acids is 1. The minimum Gasteiger partial charge on any atom is -0.396 e. The quantitative estimate of drug-likeness (QED) is 0.645.